The van der Waals surface area contributed by atoms with Crippen molar-refractivity contribution in [2.45, 2.75) is 18.9 Å². The predicted octanol–water partition coefficient (Wildman–Crippen LogP) is 2.37. The fraction of sp³-hybridized carbons (Fsp3) is 0.615. The van der Waals surface area contributed by atoms with Crippen LogP contribution in [0.15, 0.2) is 18.3 Å². The molecule has 0 radical (unpaired) electrons. The van der Waals surface area contributed by atoms with Gasteiger partial charge in [-0.15, -0.1) is 0 Å². The summed E-state index contributed by atoms with van der Waals surface area (Å²) in [6, 6.07) is 3.73. The van der Waals surface area contributed by atoms with Gasteiger partial charge in [-0.2, -0.15) is 0 Å². The summed E-state index contributed by atoms with van der Waals surface area (Å²) in [6.45, 7) is 3.21. The van der Waals surface area contributed by atoms with Crippen LogP contribution in [0.4, 0.5) is 5.82 Å². The standard InChI is InChI=1S/C13H19ClN2O2/c1-17-9-10-18-11-4-7-16(8-5-11)13-12(14)3-2-6-15-13/h2-3,6,11H,4-5,7-10H2,1H3. The first-order valence-corrected chi connectivity index (χ1v) is 6.65. The average molecular weight is 271 g/mol. The zero-order valence-corrected chi connectivity index (χ0v) is 11.4. The van der Waals surface area contributed by atoms with Crippen LogP contribution in [0.3, 0.4) is 0 Å². The number of anilines is 1. The largest absolute Gasteiger partial charge is 0.382 e. The van der Waals surface area contributed by atoms with Crippen LogP contribution in [-0.4, -0.2) is 44.5 Å². The van der Waals surface area contributed by atoms with Crippen molar-refractivity contribution in [1.29, 1.82) is 0 Å². The van der Waals surface area contributed by atoms with Crippen LogP contribution in [0.25, 0.3) is 0 Å². The van der Waals surface area contributed by atoms with Crippen LogP contribution in [0, 0.1) is 0 Å². The number of pyridine rings is 1. The number of halogens is 1. The molecule has 0 aromatic carbocycles. The number of rotatable bonds is 5. The number of nitrogens with zero attached hydrogens (tertiary/aromatic N) is 2. The van der Waals surface area contributed by atoms with Gasteiger partial charge in [-0.1, -0.05) is 11.6 Å². The van der Waals surface area contributed by atoms with Gasteiger partial charge in [-0.3, -0.25) is 0 Å². The maximum atomic E-state index is 6.14. The summed E-state index contributed by atoms with van der Waals surface area (Å²) in [5.41, 5.74) is 0. The number of aromatic nitrogens is 1. The lowest BCUT2D eigenvalue weighted by atomic mass is 10.1. The number of hydrogen-bond acceptors (Lipinski definition) is 4. The molecule has 1 aliphatic rings. The Bertz CT molecular complexity index is 368. The van der Waals surface area contributed by atoms with Gasteiger partial charge in [-0.05, 0) is 25.0 Å². The van der Waals surface area contributed by atoms with E-state index in [9.17, 15) is 0 Å². The Kier molecular flexibility index (Phi) is 5.23. The van der Waals surface area contributed by atoms with Gasteiger partial charge in [0.15, 0.2) is 0 Å². The molecule has 2 rings (SSSR count). The minimum absolute atomic E-state index is 0.332. The van der Waals surface area contributed by atoms with Gasteiger partial charge in [0, 0.05) is 26.4 Å². The lowest BCUT2D eigenvalue weighted by Crippen LogP contribution is -2.38. The van der Waals surface area contributed by atoms with Crippen molar-refractivity contribution < 1.29 is 9.47 Å². The fourth-order valence-corrected chi connectivity index (χ4v) is 2.38. The molecule has 0 unspecified atom stereocenters. The van der Waals surface area contributed by atoms with E-state index < -0.39 is 0 Å². The zero-order chi connectivity index (χ0) is 12.8. The van der Waals surface area contributed by atoms with Crippen molar-refractivity contribution in [3.8, 4) is 0 Å². The third-order valence-electron chi connectivity index (χ3n) is 3.12. The highest BCUT2D eigenvalue weighted by molar-refractivity contribution is 6.32. The highest BCUT2D eigenvalue weighted by atomic mass is 35.5. The van der Waals surface area contributed by atoms with E-state index in [1.54, 1.807) is 13.3 Å². The van der Waals surface area contributed by atoms with E-state index in [1.807, 2.05) is 12.1 Å². The topological polar surface area (TPSA) is 34.6 Å². The van der Waals surface area contributed by atoms with Crippen molar-refractivity contribution in [3.63, 3.8) is 0 Å². The van der Waals surface area contributed by atoms with Gasteiger partial charge < -0.3 is 14.4 Å². The highest BCUT2D eigenvalue weighted by Gasteiger charge is 2.21. The molecule has 1 aromatic rings. The summed E-state index contributed by atoms with van der Waals surface area (Å²) in [6.07, 6.45) is 4.13. The molecule has 0 aliphatic carbocycles. The molecule has 5 heteroatoms. The molecule has 0 amide bonds. The van der Waals surface area contributed by atoms with Crippen LogP contribution < -0.4 is 4.90 Å². The minimum atomic E-state index is 0.332. The van der Waals surface area contributed by atoms with E-state index in [0.29, 0.717) is 19.3 Å². The second-order valence-electron chi connectivity index (χ2n) is 4.36. The van der Waals surface area contributed by atoms with Crippen LogP contribution in [0.1, 0.15) is 12.8 Å². The summed E-state index contributed by atoms with van der Waals surface area (Å²) in [4.78, 5) is 6.56. The summed E-state index contributed by atoms with van der Waals surface area (Å²) >= 11 is 6.14. The van der Waals surface area contributed by atoms with Crippen molar-refractivity contribution in [1.82, 2.24) is 4.98 Å². The first-order chi connectivity index (χ1) is 8.81. The molecule has 4 nitrogen and oxygen atoms in total. The Balaban J connectivity index is 1.81. The molecule has 1 fully saturated rings. The Morgan fingerprint density at radius 3 is 2.83 bits per heavy atom. The maximum Gasteiger partial charge on any atom is 0.147 e. The van der Waals surface area contributed by atoms with Gasteiger partial charge in [-0.25, -0.2) is 4.98 Å². The van der Waals surface area contributed by atoms with Crippen molar-refractivity contribution in [2.75, 3.05) is 38.3 Å². The van der Waals surface area contributed by atoms with Crippen LogP contribution >= 0.6 is 11.6 Å². The predicted molar refractivity (Wildman–Crippen MR) is 72.3 cm³/mol. The number of hydrogen-bond donors (Lipinski definition) is 0. The van der Waals surface area contributed by atoms with Crippen molar-refractivity contribution in [3.05, 3.63) is 23.4 Å². The van der Waals surface area contributed by atoms with Crippen LogP contribution in [-0.2, 0) is 9.47 Å². The first-order valence-electron chi connectivity index (χ1n) is 6.27. The Hall–Kier alpha value is -0.840. The molecule has 18 heavy (non-hydrogen) atoms. The monoisotopic (exact) mass is 270 g/mol. The Morgan fingerprint density at radius 2 is 2.17 bits per heavy atom. The number of methoxy groups -OCH3 is 1. The van der Waals surface area contributed by atoms with E-state index in [1.165, 1.54) is 0 Å². The molecular formula is C13H19ClN2O2. The summed E-state index contributed by atoms with van der Waals surface area (Å²) in [5, 5.41) is 0.719. The van der Waals surface area contributed by atoms with E-state index in [4.69, 9.17) is 21.1 Å². The molecule has 2 heterocycles. The summed E-state index contributed by atoms with van der Waals surface area (Å²) in [5.74, 6) is 0.884. The Labute approximate surface area is 113 Å². The molecule has 0 atom stereocenters. The molecule has 0 N–H and O–H groups in total. The molecule has 1 saturated heterocycles. The first kappa shape index (κ1) is 13.6. The van der Waals surface area contributed by atoms with E-state index in [0.717, 1.165) is 36.8 Å². The molecule has 0 bridgehead atoms. The number of ether oxygens (including phenoxy) is 2. The van der Waals surface area contributed by atoms with Crippen LogP contribution in [0.2, 0.25) is 5.02 Å². The number of piperidine rings is 1. The second-order valence-corrected chi connectivity index (χ2v) is 4.77. The third-order valence-corrected chi connectivity index (χ3v) is 3.42. The lowest BCUT2D eigenvalue weighted by molar-refractivity contribution is 0.00605. The van der Waals surface area contributed by atoms with Crippen LogP contribution in [0.5, 0.6) is 0 Å². The zero-order valence-electron chi connectivity index (χ0n) is 10.6. The summed E-state index contributed by atoms with van der Waals surface area (Å²) in [7, 11) is 1.69. The smallest absolute Gasteiger partial charge is 0.147 e. The molecular weight excluding hydrogens is 252 g/mol. The van der Waals surface area contributed by atoms with Crippen molar-refractivity contribution >= 4 is 17.4 Å². The van der Waals surface area contributed by atoms with E-state index in [-0.39, 0.29) is 0 Å². The average Bonchev–Trinajstić information content (AvgIpc) is 2.41. The van der Waals surface area contributed by atoms with Gasteiger partial charge in [0.1, 0.15) is 5.82 Å². The van der Waals surface area contributed by atoms with Gasteiger partial charge in [0.05, 0.1) is 24.3 Å². The quantitative estimate of drug-likeness (QED) is 0.770. The normalized spacial score (nSPS) is 17.1. The van der Waals surface area contributed by atoms with E-state index in [2.05, 4.69) is 9.88 Å². The fourth-order valence-electron chi connectivity index (χ4n) is 2.14. The van der Waals surface area contributed by atoms with E-state index >= 15 is 0 Å². The minimum Gasteiger partial charge on any atom is -0.382 e. The molecule has 100 valence electrons. The maximum absolute atomic E-state index is 6.14. The molecule has 1 aliphatic heterocycles. The molecule has 0 saturated carbocycles. The van der Waals surface area contributed by atoms with Gasteiger partial charge in [0.2, 0.25) is 0 Å². The summed E-state index contributed by atoms with van der Waals surface area (Å²) < 4.78 is 10.7. The highest BCUT2D eigenvalue weighted by Crippen LogP contribution is 2.25. The van der Waals surface area contributed by atoms with Crippen molar-refractivity contribution in [2.24, 2.45) is 0 Å². The van der Waals surface area contributed by atoms with Gasteiger partial charge in [0.25, 0.3) is 0 Å². The van der Waals surface area contributed by atoms with Gasteiger partial charge >= 0.3 is 0 Å². The SMILES string of the molecule is COCCOC1CCN(c2ncccc2Cl)CC1. The second kappa shape index (κ2) is 6.92. The Morgan fingerprint density at radius 1 is 1.39 bits per heavy atom. The molecule has 1 aromatic heterocycles. The lowest BCUT2D eigenvalue weighted by Gasteiger charge is -2.33. The molecule has 0 spiro atoms. The third kappa shape index (κ3) is 3.57.